The molecule has 416 valence electrons. The Morgan fingerprint density at radius 1 is 0.371 bits per heavy atom. The number of furan rings is 1. The first-order valence-corrected chi connectivity index (χ1v) is 32.0. The van der Waals surface area contributed by atoms with Gasteiger partial charge in [-0.25, -0.2) is 4.98 Å². The van der Waals surface area contributed by atoms with Crippen LogP contribution in [-0.2, 0) is 0 Å². The van der Waals surface area contributed by atoms with Crippen LogP contribution in [0.2, 0.25) is 0 Å². The normalized spacial score (nSPS) is 17.5. The summed E-state index contributed by atoms with van der Waals surface area (Å²) in [6.45, 7) is 0. The molecule has 0 atom stereocenters. The van der Waals surface area contributed by atoms with Gasteiger partial charge in [0.15, 0.2) is 27.8 Å². The molecule has 6 nitrogen and oxygen atoms in total. The summed E-state index contributed by atoms with van der Waals surface area (Å²) < 4.78 is 299. The molecule has 0 N–H and O–H groups in total. The van der Waals surface area contributed by atoms with Crippen molar-refractivity contribution >= 4 is 123 Å². The van der Waals surface area contributed by atoms with Crippen LogP contribution in [0.3, 0.4) is 0 Å². The Labute approximate surface area is 557 Å². The second-order valence-electron chi connectivity index (χ2n) is 21.1. The fourth-order valence-corrected chi connectivity index (χ4v) is 22.2. The van der Waals surface area contributed by atoms with Gasteiger partial charge >= 0.3 is 0 Å². The lowest BCUT2D eigenvalue weighted by molar-refractivity contribution is 0.673. The SMILES string of the molecule is [2H]c1c([2H])c([2H])c([Si](c2ccc3c(c2)-c2ccccc2[Si]3(c2ccccc2)c2ccccc2)(c2c([2H])c([2H])c([2H])c([2H])c2[2H])c2c([2H])c([2H])c([2H])c(-c3nc(-c4c([2H])c([2H])c([2H])c([2H])c4-n4c5c([2H])c([2H])c([2H])c([2H])c5c5c([2H])c([2H])c([2H])c([2H])c54)nc(-n4c5ccc6c7ccccc7oc6c5c5c([2H])c([2H])c([2H])c([2H])c54)n3)c2[2H])c([2H])c1[2H]. The average molecular weight is 1200 g/mol. The highest BCUT2D eigenvalue weighted by Crippen LogP contribution is 2.42. The monoisotopic (exact) mass is 1200 g/mol. The summed E-state index contributed by atoms with van der Waals surface area (Å²) in [6.07, 6.45) is 0. The Hall–Kier alpha value is -11.3. The topological polar surface area (TPSA) is 61.7 Å². The lowest BCUT2D eigenvalue weighted by Gasteiger charge is -2.35. The zero-order chi connectivity index (χ0) is 84.7. The van der Waals surface area contributed by atoms with Gasteiger partial charge in [-0.05, 0) is 101 Å². The van der Waals surface area contributed by atoms with Crippen LogP contribution in [0.25, 0.3) is 111 Å². The third-order valence-corrected chi connectivity index (χ3v) is 25.8. The van der Waals surface area contributed by atoms with Crippen LogP contribution >= 0.6 is 0 Å². The Balaban J connectivity index is 1.06. The van der Waals surface area contributed by atoms with E-state index in [0.29, 0.717) is 32.7 Å². The molecule has 18 rings (SSSR count). The number of aromatic nitrogens is 5. The number of nitrogens with zero attached hydrogens (tertiary/aromatic N) is 5. The highest BCUT2D eigenvalue weighted by molar-refractivity contribution is 7.23. The van der Waals surface area contributed by atoms with E-state index in [1.165, 1.54) is 12.1 Å². The highest BCUT2D eigenvalue weighted by atomic mass is 28.3. The molecule has 0 bridgehead atoms. The molecule has 0 aliphatic carbocycles. The number of hydrogen-bond donors (Lipinski definition) is 0. The van der Waals surface area contributed by atoms with Gasteiger partial charge in [0.25, 0.3) is 0 Å². The quantitative estimate of drug-likeness (QED) is 0.101. The van der Waals surface area contributed by atoms with Gasteiger partial charge in [0.05, 0.1) is 74.3 Å². The molecule has 17 aromatic rings. The Morgan fingerprint density at radius 3 is 1.66 bits per heavy atom. The van der Waals surface area contributed by atoms with Gasteiger partial charge in [-0.1, -0.05) is 272 Å². The number of para-hydroxylation sites is 5. The van der Waals surface area contributed by atoms with Gasteiger partial charge in [0.1, 0.15) is 11.2 Å². The molecule has 0 fully saturated rings. The second-order valence-corrected chi connectivity index (χ2v) is 28.4. The Morgan fingerprint density at radius 2 is 0.944 bits per heavy atom. The molecule has 89 heavy (non-hydrogen) atoms. The summed E-state index contributed by atoms with van der Waals surface area (Å²) in [5, 5.41) is 0.222. The van der Waals surface area contributed by atoms with Gasteiger partial charge in [-0.3, -0.25) is 4.57 Å². The second kappa shape index (κ2) is 20.1. The summed E-state index contributed by atoms with van der Waals surface area (Å²) in [7, 11) is -9.70. The van der Waals surface area contributed by atoms with Crippen LogP contribution in [-0.4, -0.2) is 40.2 Å². The van der Waals surface area contributed by atoms with E-state index in [-0.39, 0.29) is 27.1 Å². The highest BCUT2D eigenvalue weighted by Gasteiger charge is 2.50. The Kier molecular flexibility index (Phi) is 6.66. The van der Waals surface area contributed by atoms with Crippen molar-refractivity contribution in [2.45, 2.75) is 0 Å². The lowest BCUT2D eigenvalue weighted by atomic mass is 10.1. The maximum absolute atomic E-state index is 11.3. The van der Waals surface area contributed by atoms with Gasteiger partial charge in [-0.2, -0.15) is 9.97 Å². The van der Waals surface area contributed by atoms with Crippen molar-refractivity contribution in [1.82, 2.24) is 24.1 Å². The van der Waals surface area contributed by atoms with Gasteiger partial charge in [0, 0.05) is 38.1 Å². The standard InChI is InChI=1S/C81H53N5OSi2/c1-5-27-55(28-6-1)88(56-29-7-2-8-30-56,60-48-51-76-68(53-60)64-39-18-24-47-75(64)89(76,57-31-9-3-10-32-57)58-33-11-4-12-34-58)59-35-25-26-54(52-59)79-82-80(67-41-16-22-45-72(67)85-69-42-19-13-36-61(69)62-37-14-20-43-70(62)85)84-81(83-79)86-71-44-21-15-40-66(71)77-73(86)50-49-65-63-38-17-23-46-74(63)87-78(65)77/h1-53H/i1D,2D,5D,6D,7D,8D,13D,14D,15D,16D,19D,20D,21D,22D,25D,26D,27D,28D,29D,30D,35D,36D,37D,40D,41D,42D,43D,44D,45D,52D. The zero-order valence-electron chi connectivity index (χ0n) is 75.9. The fraction of sp³-hybridized carbons (Fsp3) is 0. The summed E-state index contributed by atoms with van der Waals surface area (Å²) in [6, 6.07) is 11.9. The molecular weight excluding hydrogens is 1120 g/mol. The van der Waals surface area contributed by atoms with Crippen LogP contribution in [0.15, 0.2) is 325 Å². The van der Waals surface area contributed by atoms with E-state index in [9.17, 15) is 31.5 Å². The summed E-state index contributed by atoms with van der Waals surface area (Å²) in [4.78, 5) is 14.9. The molecule has 0 spiro atoms. The van der Waals surface area contributed by atoms with Gasteiger partial charge < -0.3 is 8.98 Å². The van der Waals surface area contributed by atoms with Crippen molar-refractivity contribution in [2.75, 3.05) is 0 Å². The molecule has 0 amide bonds. The average Bonchev–Trinajstić information content (AvgIpc) is 1.05. The lowest BCUT2D eigenvalue weighted by Crippen LogP contribution is -2.75. The van der Waals surface area contributed by atoms with Gasteiger partial charge in [-0.15, -0.1) is 0 Å². The molecule has 8 heteroatoms. The van der Waals surface area contributed by atoms with E-state index in [1.54, 1.807) is 48.5 Å². The van der Waals surface area contributed by atoms with E-state index in [0.717, 1.165) is 24.7 Å². The fourth-order valence-electron chi connectivity index (χ4n) is 13.2. The molecule has 1 aliphatic rings. The first kappa shape index (κ1) is 29.4. The van der Waals surface area contributed by atoms with Crippen molar-refractivity contribution in [3.63, 3.8) is 0 Å². The van der Waals surface area contributed by atoms with Crippen molar-refractivity contribution in [3.05, 3.63) is 321 Å². The molecule has 0 saturated heterocycles. The number of hydrogen-bond acceptors (Lipinski definition) is 4. The largest absolute Gasteiger partial charge is 0.455 e. The molecular formula is C81H53N5OSi2. The van der Waals surface area contributed by atoms with Crippen molar-refractivity contribution in [1.29, 1.82) is 0 Å². The number of rotatable bonds is 10. The minimum absolute atomic E-state index is 0.00540. The molecule has 0 saturated carbocycles. The van der Waals surface area contributed by atoms with Crippen LogP contribution < -0.4 is 41.5 Å². The Bertz CT molecular complexity index is 7280. The third kappa shape index (κ3) is 7.51. The molecule has 5 heterocycles. The minimum atomic E-state index is -6.13. The summed E-state index contributed by atoms with van der Waals surface area (Å²) >= 11 is 0. The first-order chi connectivity index (χ1) is 56.6. The van der Waals surface area contributed by atoms with Crippen LogP contribution in [0.1, 0.15) is 41.1 Å². The number of fused-ring (bicyclic) bond motifs is 13. The van der Waals surface area contributed by atoms with Crippen LogP contribution in [0.5, 0.6) is 0 Å². The van der Waals surface area contributed by atoms with Crippen LogP contribution in [0, 0.1) is 0 Å². The molecule has 0 unspecified atom stereocenters. The van der Waals surface area contributed by atoms with E-state index >= 15 is 0 Å². The number of benzene rings is 13. The van der Waals surface area contributed by atoms with Crippen molar-refractivity contribution in [2.24, 2.45) is 0 Å². The molecule has 4 aromatic heterocycles. The molecule has 0 radical (unpaired) electrons. The predicted molar refractivity (Wildman–Crippen MR) is 373 cm³/mol. The molecule has 1 aliphatic heterocycles. The van der Waals surface area contributed by atoms with Crippen LogP contribution in [0.4, 0.5) is 0 Å². The van der Waals surface area contributed by atoms with E-state index in [2.05, 4.69) is 0 Å². The third-order valence-electron chi connectivity index (χ3n) is 16.7. The van der Waals surface area contributed by atoms with E-state index in [4.69, 9.17) is 29.0 Å². The molecule has 13 aromatic carbocycles. The van der Waals surface area contributed by atoms with Crippen molar-refractivity contribution < 1.29 is 45.5 Å². The van der Waals surface area contributed by atoms with Gasteiger partial charge in [0.2, 0.25) is 5.95 Å². The maximum Gasteiger partial charge on any atom is 0.238 e. The predicted octanol–water partition coefficient (Wildman–Crippen LogP) is 14.0. The smallest absolute Gasteiger partial charge is 0.238 e. The first-order valence-electron chi connectivity index (χ1n) is 43.0. The van der Waals surface area contributed by atoms with E-state index in [1.807, 2.05) is 78.9 Å². The maximum atomic E-state index is 11.3. The summed E-state index contributed by atoms with van der Waals surface area (Å²) in [5.41, 5.74) is -3.26. The summed E-state index contributed by atoms with van der Waals surface area (Å²) in [5.74, 6) is -2.83. The van der Waals surface area contributed by atoms with Crippen molar-refractivity contribution in [3.8, 4) is 45.5 Å². The van der Waals surface area contributed by atoms with E-state index < -0.39 is 275 Å². The zero-order valence-corrected chi connectivity index (χ0v) is 47.9. The minimum Gasteiger partial charge on any atom is -0.455 e.